The molecule has 0 aliphatic heterocycles. The van der Waals surface area contributed by atoms with Crippen molar-refractivity contribution in [1.82, 2.24) is 0 Å². The van der Waals surface area contributed by atoms with Crippen molar-refractivity contribution in [2.24, 2.45) is 0 Å². The molecule has 0 spiro atoms. The fourth-order valence-corrected chi connectivity index (χ4v) is 1.54. The van der Waals surface area contributed by atoms with E-state index >= 15 is 0 Å². The first-order valence-corrected chi connectivity index (χ1v) is 5.57. The standard InChI is InChI=1S/C15H10ClF/c1-11-2-4-12(5-3-11)6-7-13-8-9-15(17)14(16)10-13/h2-5,8-10H,1H3. The molecular weight excluding hydrogens is 235 g/mol. The number of halogens is 2. The van der Waals surface area contributed by atoms with Crippen LogP contribution in [0.5, 0.6) is 0 Å². The summed E-state index contributed by atoms with van der Waals surface area (Å²) in [5.74, 6) is 5.53. The van der Waals surface area contributed by atoms with Gasteiger partial charge >= 0.3 is 0 Å². The van der Waals surface area contributed by atoms with Gasteiger partial charge in [0.1, 0.15) is 5.82 Å². The maximum absolute atomic E-state index is 12.9. The van der Waals surface area contributed by atoms with Crippen LogP contribution in [-0.2, 0) is 0 Å². The predicted molar refractivity (Wildman–Crippen MR) is 68.6 cm³/mol. The maximum Gasteiger partial charge on any atom is 0.141 e. The maximum atomic E-state index is 12.9. The Morgan fingerprint density at radius 1 is 0.941 bits per heavy atom. The Balaban J connectivity index is 2.26. The Labute approximate surface area is 105 Å². The monoisotopic (exact) mass is 244 g/mol. The molecule has 0 aromatic heterocycles. The van der Waals surface area contributed by atoms with Gasteiger partial charge in [-0.05, 0) is 37.3 Å². The van der Waals surface area contributed by atoms with E-state index in [0.29, 0.717) is 5.56 Å². The van der Waals surface area contributed by atoms with Crippen molar-refractivity contribution in [3.8, 4) is 11.8 Å². The molecule has 0 aliphatic carbocycles. The van der Waals surface area contributed by atoms with Gasteiger partial charge in [0.2, 0.25) is 0 Å². The van der Waals surface area contributed by atoms with E-state index in [1.54, 1.807) is 6.07 Å². The summed E-state index contributed by atoms with van der Waals surface area (Å²) < 4.78 is 12.9. The number of aryl methyl sites for hydroxylation is 1. The zero-order chi connectivity index (χ0) is 12.3. The van der Waals surface area contributed by atoms with Gasteiger partial charge in [-0.15, -0.1) is 0 Å². The molecule has 0 saturated carbocycles. The molecule has 2 rings (SSSR count). The van der Waals surface area contributed by atoms with E-state index in [0.717, 1.165) is 5.56 Å². The highest BCUT2D eigenvalue weighted by molar-refractivity contribution is 6.30. The second kappa shape index (κ2) is 5.03. The molecule has 2 aromatic carbocycles. The third-order valence-electron chi connectivity index (χ3n) is 2.32. The van der Waals surface area contributed by atoms with Crippen molar-refractivity contribution in [2.75, 3.05) is 0 Å². The topological polar surface area (TPSA) is 0 Å². The molecule has 17 heavy (non-hydrogen) atoms. The van der Waals surface area contributed by atoms with Crippen LogP contribution in [-0.4, -0.2) is 0 Å². The smallest absolute Gasteiger partial charge is 0.141 e. The van der Waals surface area contributed by atoms with Gasteiger partial charge in [0, 0.05) is 11.1 Å². The second-order valence-electron chi connectivity index (χ2n) is 3.74. The molecule has 2 heteroatoms. The first kappa shape index (κ1) is 11.7. The molecule has 0 unspecified atom stereocenters. The fourth-order valence-electron chi connectivity index (χ4n) is 1.36. The van der Waals surface area contributed by atoms with E-state index in [9.17, 15) is 4.39 Å². The molecule has 0 bridgehead atoms. The molecule has 0 N–H and O–H groups in total. The lowest BCUT2D eigenvalue weighted by Gasteiger charge is -1.94. The fraction of sp³-hybridized carbons (Fsp3) is 0.0667. The van der Waals surface area contributed by atoms with Crippen LogP contribution in [0.1, 0.15) is 16.7 Å². The number of rotatable bonds is 0. The molecule has 84 valence electrons. The van der Waals surface area contributed by atoms with Crippen molar-refractivity contribution in [1.29, 1.82) is 0 Å². The van der Waals surface area contributed by atoms with Crippen LogP contribution < -0.4 is 0 Å². The lowest BCUT2D eigenvalue weighted by molar-refractivity contribution is 0.628. The molecule has 0 fully saturated rings. The van der Waals surface area contributed by atoms with Gasteiger partial charge in [-0.1, -0.05) is 41.1 Å². The molecule has 0 heterocycles. The van der Waals surface area contributed by atoms with Crippen molar-refractivity contribution in [3.05, 3.63) is 70.0 Å². The van der Waals surface area contributed by atoms with Gasteiger partial charge in [-0.2, -0.15) is 0 Å². The van der Waals surface area contributed by atoms with Crippen LogP contribution in [0.25, 0.3) is 0 Å². The Kier molecular flexibility index (Phi) is 3.46. The highest BCUT2D eigenvalue weighted by Crippen LogP contribution is 2.15. The van der Waals surface area contributed by atoms with Gasteiger partial charge in [-0.25, -0.2) is 4.39 Å². The second-order valence-corrected chi connectivity index (χ2v) is 4.15. The molecule has 0 radical (unpaired) electrons. The summed E-state index contributed by atoms with van der Waals surface area (Å²) >= 11 is 5.67. The minimum Gasteiger partial charge on any atom is -0.205 e. The van der Waals surface area contributed by atoms with Crippen LogP contribution in [0.3, 0.4) is 0 Å². The Bertz CT molecular complexity index is 589. The molecule has 0 aliphatic rings. The third kappa shape index (κ3) is 3.09. The normalized spacial score (nSPS) is 9.59. The molecule has 0 atom stereocenters. The van der Waals surface area contributed by atoms with Crippen LogP contribution in [0, 0.1) is 24.6 Å². The van der Waals surface area contributed by atoms with Gasteiger partial charge < -0.3 is 0 Å². The minimum atomic E-state index is -0.424. The molecule has 2 aromatic rings. The van der Waals surface area contributed by atoms with Crippen molar-refractivity contribution < 1.29 is 4.39 Å². The van der Waals surface area contributed by atoms with Crippen LogP contribution in [0.15, 0.2) is 42.5 Å². The highest BCUT2D eigenvalue weighted by Gasteiger charge is 1.98. The van der Waals surface area contributed by atoms with E-state index in [-0.39, 0.29) is 5.02 Å². The minimum absolute atomic E-state index is 0.0979. The molecule has 0 nitrogen and oxygen atoms in total. The highest BCUT2D eigenvalue weighted by atomic mass is 35.5. The quantitative estimate of drug-likeness (QED) is 0.610. The summed E-state index contributed by atoms with van der Waals surface area (Å²) in [5.41, 5.74) is 2.83. The Morgan fingerprint density at radius 2 is 1.53 bits per heavy atom. The lowest BCUT2D eigenvalue weighted by atomic mass is 10.1. The van der Waals surface area contributed by atoms with E-state index in [4.69, 9.17) is 11.6 Å². The average Bonchev–Trinajstić information content (AvgIpc) is 2.33. The summed E-state index contributed by atoms with van der Waals surface area (Å²) in [4.78, 5) is 0. The van der Waals surface area contributed by atoms with Gasteiger partial charge in [0.05, 0.1) is 5.02 Å². The van der Waals surface area contributed by atoms with Crippen LogP contribution in [0.4, 0.5) is 4.39 Å². The summed E-state index contributed by atoms with van der Waals surface area (Å²) in [6.07, 6.45) is 0. The van der Waals surface area contributed by atoms with Crippen LogP contribution >= 0.6 is 11.6 Å². The van der Waals surface area contributed by atoms with E-state index in [1.807, 2.05) is 31.2 Å². The summed E-state index contributed by atoms with van der Waals surface area (Å²) in [6.45, 7) is 2.02. The average molecular weight is 245 g/mol. The van der Waals surface area contributed by atoms with Crippen molar-refractivity contribution in [3.63, 3.8) is 0 Å². The molecular formula is C15H10ClF. The summed E-state index contributed by atoms with van der Waals surface area (Å²) in [5, 5.41) is 0.0979. The van der Waals surface area contributed by atoms with Gasteiger partial charge in [0.25, 0.3) is 0 Å². The zero-order valence-corrected chi connectivity index (χ0v) is 10.1. The number of benzene rings is 2. The first-order chi connectivity index (χ1) is 8.15. The third-order valence-corrected chi connectivity index (χ3v) is 2.61. The SMILES string of the molecule is Cc1ccc(C#Cc2ccc(F)c(Cl)c2)cc1. The van der Waals surface area contributed by atoms with Crippen molar-refractivity contribution in [2.45, 2.75) is 6.92 Å². The van der Waals surface area contributed by atoms with Gasteiger partial charge in [-0.3, -0.25) is 0 Å². The van der Waals surface area contributed by atoms with Crippen molar-refractivity contribution >= 4 is 11.6 Å². The summed E-state index contributed by atoms with van der Waals surface area (Å²) in [6, 6.07) is 12.4. The Hall–Kier alpha value is -1.78. The lowest BCUT2D eigenvalue weighted by Crippen LogP contribution is -1.80. The largest absolute Gasteiger partial charge is 0.205 e. The Morgan fingerprint density at radius 3 is 2.18 bits per heavy atom. The zero-order valence-electron chi connectivity index (χ0n) is 9.30. The van der Waals surface area contributed by atoms with Crippen LogP contribution in [0.2, 0.25) is 5.02 Å². The number of hydrogen-bond donors (Lipinski definition) is 0. The predicted octanol–water partition coefficient (Wildman–Crippen LogP) is 4.19. The molecule has 0 amide bonds. The van der Waals surface area contributed by atoms with Gasteiger partial charge in [0.15, 0.2) is 0 Å². The van der Waals surface area contributed by atoms with E-state index in [1.165, 1.54) is 17.7 Å². The number of hydrogen-bond acceptors (Lipinski definition) is 0. The van der Waals surface area contributed by atoms with E-state index in [2.05, 4.69) is 11.8 Å². The molecule has 0 saturated heterocycles. The summed E-state index contributed by atoms with van der Waals surface area (Å²) in [7, 11) is 0. The van der Waals surface area contributed by atoms with E-state index < -0.39 is 5.82 Å². The first-order valence-electron chi connectivity index (χ1n) is 5.19.